The highest BCUT2D eigenvalue weighted by molar-refractivity contribution is 5.95. The van der Waals surface area contributed by atoms with Crippen LogP contribution in [0.1, 0.15) is 38.4 Å². The zero-order valence-corrected chi connectivity index (χ0v) is 16.6. The highest BCUT2D eigenvalue weighted by Gasteiger charge is 2.08. The molecule has 0 unspecified atom stereocenters. The average Bonchev–Trinajstić information content (AvgIpc) is 3.01. The van der Waals surface area contributed by atoms with Gasteiger partial charge in [-0.05, 0) is 55.7 Å². The number of carbonyl (C=O) groups excluding carboxylic acids is 1. The van der Waals surface area contributed by atoms with Crippen molar-refractivity contribution in [2.24, 2.45) is 5.10 Å². The van der Waals surface area contributed by atoms with Crippen LogP contribution in [0.5, 0.6) is 5.75 Å². The highest BCUT2D eigenvalue weighted by Crippen LogP contribution is 2.21. The standard InChI is InChI=1S/C23H24N4O2/c1-4-7-19-9-6-11-21(22(19)28)14-24-25-23(29)20-10-5-8-18(13-20)15-27-17(3)12-16(2)26-27/h4-6,8-14,28H,1,7,15H2,2-3H3,(H,25,29)/b24-14-. The minimum absolute atomic E-state index is 0.136. The molecule has 3 rings (SSSR count). The largest absolute Gasteiger partial charge is 0.507 e. The topological polar surface area (TPSA) is 79.5 Å². The Morgan fingerprint density at radius 2 is 2.03 bits per heavy atom. The van der Waals surface area contributed by atoms with Crippen LogP contribution in [-0.4, -0.2) is 27.0 Å². The summed E-state index contributed by atoms with van der Waals surface area (Å²) in [5.74, 6) is -0.185. The molecule has 0 bridgehead atoms. The molecule has 1 aromatic heterocycles. The summed E-state index contributed by atoms with van der Waals surface area (Å²) in [4.78, 5) is 12.4. The van der Waals surface area contributed by atoms with E-state index < -0.39 is 0 Å². The third-order valence-corrected chi connectivity index (χ3v) is 4.51. The number of nitrogens with zero attached hydrogens (tertiary/aromatic N) is 3. The van der Waals surface area contributed by atoms with Crippen LogP contribution >= 0.6 is 0 Å². The van der Waals surface area contributed by atoms with Gasteiger partial charge >= 0.3 is 0 Å². The highest BCUT2D eigenvalue weighted by atomic mass is 16.3. The molecule has 2 aromatic carbocycles. The van der Waals surface area contributed by atoms with Gasteiger partial charge in [-0.3, -0.25) is 9.48 Å². The number of hydrazone groups is 1. The number of aromatic hydroxyl groups is 1. The maximum atomic E-state index is 12.4. The molecule has 3 aromatic rings. The average molecular weight is 388 g/mol. The zero-order chi connectivity index (χ0) is 20.8. The summed E-state index contributed by atoms with van der Waals surface area (Å²) < 4.78 is 1.91. The van der Waals surface area contributed by atoms with E-state index in [1.807, 2.05) is 54.9 Å². The summed E-state index contributed by atoms with van der Waals surface area (Å²) in [6.07, 6.45) is 3.71. The predicted octanol–water partition coefficient (Wildman–Crippen LogP) is 3.75. The molecular formula is C23H24N4O2. The van der Waals surface area contributed by atoms with Gasteiger partial charge in [-0.2, -0.15) is 10.2 Å². The van der Waals surface area contributed by atoms with Gasteiger partial charge in [0.25, 0.3) is 5.91 Å². The zero-order valence-electron chi connectivity index (χ0n) is 16.6. The molecule has 6 heteroatoms. The first-order chi connectivity index (χ1) is 14.0. The molecular weight excluding hydrogens is 364 g/mol. The minimum Gasteiger partial charge on any atom is -0.507 e. The Morgan fingerprint density at radius 1 is 1.24 bits per heavy atom. The first-order valence-electron chi connectivity index (χ1n) is 9.33. The van der Waals surface area contributed by atoms with E-state index in [1.54, 1.807) is 18.2 Å². The van der Waals surface area contributed by atoms with Crippen molar-refractivity contribution in [3.05, 3.63) is 94.8 Å². The number of phenols is 1. The number of allylic oxidation sites excluding steroid dienone is 1. The molecule has 29 heavy (non-hydrogen) atoms. The minimum atomic E-state index is -0.321. The lowest BCUT2D eigenvalue weighted by molar-refractivity contribution is 0.0955. The molecule has 0 atom stereocenters. The molecule has 0 fully saturated rings. The number of nitrogens with one attached hydrogen (secondary N) is 1. The molecule has 0 aliphatic rings. The monoisotopic (exact) mass is 388 g/mol. The molecule has 0 saturated heterocycles. The van der Waals surface area contributed by atoms with Crippen LogP contribution in [0.25, 0.3) is 0 Å². The van der Waals surface area contributed by atoms with E-state index in [-0.39, 0.29) is 11.7 Å². The molecule has 0 saturated carbocycles. The number of hydrogen-bond acceptors (Lipinski definition) is 4. The summed E-state index contributed by atoms with van der Waals surface area (Å²) >= 11 is 0. The molecule has 0 spiro atoms. The van der Waals surface area contributed by atoms with Crippen molar-refractivity contribution >= 4 is 12.1 Å². The third-order valence-electron chi connectivity index (χ3n) is 4.51. The van der Waals surface area contributed by atoms with Gasteiger partial charge in [0.05, 0.1) is 18.5 Å². The van der Waals surface area contributed by atoms with E-state index in [2.05, 4.69) is 22.2 Å². The molecule has 6 nitrogen and oxygen atoms in total. The normalized spacial score (nSPS) is 11.0. The van der Waals surface area contributed by atoms with Crippen LogP contribution in [-0.2, 0) is 13.0 Å². The second kappa shape index (κ2) is 9.01. The van der Waals surface area contributed by atoms with E-state index in [0.717, 1.165) is 22.5 Å². The molecule has 2 N–H and O–H groups in total. The van der Waals surface area contributed by atoms with Crippen molar-refractivity contribution in [1.82, 2.24) is 15.2 Å². The van der Waals surface area contributed by atoms with E-state index in [0.29, 0.717) is 24.1 Å². The lowest BCUT2D eigenvalue weighted by Gasteiger charge is -2.07. The van der Waals surface area contributed by atoms with Crippen LogP contribution in [0.3, 0.4) is 0 Å². The fourth-order valence-corrected chi connectivity index (χ4v) is 3.08. The van der Waals surface area contributed by atoms with Crippen molar-refractivity contribution < 1.29 is 9.90 Å². The lowest BCUT2D eigenvalue weighted by atomic mass is 10.1. The molecule has 0 aliphatic carbocycles. The Bertz CT molecular complexity index is 1070. The number of aryl methyl sites for hydroxylation is 2. The number of hydrogen-bond donors (Lipinski definition) is 2. The fourth-order valence-electron chi connectivity index (χ4n) is 3.08. The molecule has 0 radical (unpaired) electrons. The van der Waals surface area contributed by atoms with Gasteiger partial charge in [0.15, 0.2) is 0 Å². The van der Waals surface area contributed by atoms with Gasteiger partial charge in [0, 0.05) is 16.8 Å². The van der Waals surface area contributed by atoms with Crippen LogP contribution < -0.4 is 5.43 Å². The van der Waals surface area contributed by atoms with Gasteiger partial charge in [0.1, 0.15) is 5.75 Å². The van der Waals surface area contributed by atoms with E-state index in [4.69, 9.17) is 0 Å². The number of phenolic OH excluding ortho intramolecular Hbond substituents is 1. The Hall–Kier alpha value is -3.67. The van der Waals surface area contributed by atoms with Crippen molar-refractivity contribution in [1.29, 1.82) is 0 Å². The maximum absolute atomic E-state index is 12.4. The van der Waals surface area contributed by atoms with Gasteiger partial charge in [-0.25, -0.2) is 5.43 Å². The van der Waals surface area contributed by atoms with Crippen LogP contribution in [0.4, 0.5) is 0 Å². The van der Waals surface area contributed by atoms with Crippen LogP contribution in [0.2, 0.25) is 0 Å². The summed E-state index contributed by atoms with van der Waals surface area (Å²) in [5, 5.41) is 18.7. The van der Waals surface area contributed by atoms with Crippen molar-refractivity contribution in [2.45, 2.75) is 26.8 Å². The first-order valence-corrected chi connectivity index (χ1v) is 9.33. The molecule has 148 valence electrons. The number of amides is 1. The van der Waals surface area contributed by atoms with E-state index >= 15 is 0 Å². The fraction of sp³-hybridized carbons (Fsp3) is 0.174. The Balaban J connectivity index is 1.68. The predicted molar refractivity (Wildman–Crippen MR) is 114 cm³/mol. The van der Waals surface area contributed by atoms with E-state index in [1.165, 1.54) is 6.21 Å². The van der Waals surface area contributed by atoms with E-state index in [9.17, 15) is 9.90 Å². The van der Waals surface area contributed by atoms with Crippen molar-refractivity contribution in [3.8, 4) is 5.75 Å². The molecule has 0 aliphatic heterocycles. The van der Waals surface area contributed by atoms with Crippen LogP contribution in [0, 0.1) is 13.8 Å². The van der Waals surface area contributed by atoms with Gasteiger partial charge in [-0.1, -0.05) is 30.3 Å². The lowest BCUT2D eigenvalue weighted by Crippen LogP contribution is -2.18. The van der Waals surface area contributed by atoms with Gasteiger partial charge < -0.3 is 5.11 Å². The Morgan fingerprint density at radius 3 is 2.76 bits per heavy atom. The number of para-hydroxylation sites is 1. The first kappa shape index (κ1) is 20.1. The Labute approximate surface area is 170 Å². The molecule has 1 heterocycles. The number of benzene rings is 2. The summed E-state index contributed by atoms with van der Waals surface area (Å²) in [7, 11) is 0. The van der Waals surface area contributed by atoms with Crippen molar-refractivity contribution in [3.63, 3.8) is 0 Å². The van der Waals surface area contributed by atoms with Crippen LogP contribution in [0.15, 0.2) is 66.3 Å². The maximum Gasteiger partial charge on any atom is 0.271 e. The number of carbonyl (C=O) groups is 1. The Kier molecular flexibility index (Phi) is 6.24. The summed E-state index contributed by atoms with van der Waals surface area (Å²) in [6.45, 7) is 8.23. The number of rotatable bonds is 7. The van der Waals surface area contributed by atoms with Crippen molar-refractivity contribution in [2.75, 3.05) is 0 Å². The van der Waals surface area contributed by atoms with Gasteiger partial charge in [-0.15, -0.1) is 6.58 Å². The quantitative estimate of drug-likeness (QED) is 0.368. The summed E-state index contributed by atoms with van der Waals surface area (Å²) in [6, 6.07) is 14.7. The number of aromatic nitrogens is 2. The second-order valence-electron chi connectivity index (χ2n) is 6.83. The van der Waals surface area contributed by atoms with Gasteiger partial charge in [0.2, 0.25) is 0 Å². The summed E-state index contributed by atoms with van der Waals surface area (Å²) in [5.41, 5.74) is 7.31. The second-order valence-corrected chi connectivity index (χ2v) is 6.83. The third kappa shape index (κ3) is 4.99. The smallest absolute Gasteiger partial charge is 0.271 e. The SMILES string of the molecule is C=CCc1cccc(/C=N\NC(=O)c2cccc(Cn3nc(C)cc3C)c2)c1O. The molecule has 1 amide bonds.